The van der Waals surface area contributed by atoms with Crippen molar-refractivity contribution in [3.8, 4) is 0 Å². The third-order valence-corrected chi connectivity index (χ3v) is 4.99. The van der Waals surface area contributed by atoms with E-state index in [0.717, 1.165) is 37.1 Å². The van der Waals surface area contributed by atoms with E-state index in [1.165, 1.54) is 0 Å². The van der Waals surface area contributed by atoms with E-state index in [9.17, 15) is 4.79 Å². The van der Waals surface area contributed by atoms with E-state index in [2.05, 4.69) is 36.5 Å². The molecule has 1 aliphatic carbocycles. The van der Waals surface area contributed by atoms with Crippen molar-refractivity contribution in [3.63, 3.8) is 0 Å². The first-order valence-corrected chi connectivity index (χ1v) is 9.55. The van der Waals surface area contributed by atoms with Gasteiger partial charge in [-0.15, -0.1) is 0 Å². The Labute approximate surface area is 161 Å². The minimum absolute atomic E-state index is 0.162. The number of nitrogens with zero attached hydrogens (tertiary/aromatic N) is 3. The topological polar surface area (TPSA) is 83.3 Å². The Bertz CT molecular complexity index is 769. The Balaban J connectivity index is 1.51. The number of nitrogens with one attached hydrogen (secondary N) is 2. The van der Waals surface area contributed by atoms with E-state index in [4.69, 9.17) is 4.42 Å². The zero-order chi connectivity index (χ0) is 18.7. The number of hydrogen-bond donors (Lipinski definition) is 2. The van der Waals surface area contributed by atoms with Crippen molar-refractivity contribution in [1.82, 2.24) is 15.3 Å². The van der Waals surface area contributed by atoms with Crippen LogP contribution in [0.15, 0.2) is 27.4 Å². The average molecular weight is 422 g/mol. The van der Waals surface area contributed by atoms with E-state index in [1.54, 1.807) is 12.1 Å². The Hall–Kier alpha value is -2.09. The first-order chi connectivity index (χ1) is 12.4. The summed E-state index contributed by atoms with van der Waals surface area (Å²) in [5.41, 5.74) is 1.05. The van der Waals surface area contributed by atoms with Crippen LogP contribution in [0, 0.1) is 6.92 Å². The van der Waals surface area contributed by atoms with Crippen LogP contribution in [-0.2, 0) is 0 Å². The summed E-state index contributed by atoms with van der Waals surface area (Å²) in [5.74, 6) is 1.76. The number of halogens is 1. The molecule has 0 aliphatic heterocycles. The van der Waals surface area contributed by atoms with Crippen LogP contribution >= 0.6 is 15.9 Å². The lowest BCUT2D eigenvalue weighted by atomic mass is 9.91. The maximum Gasteiger partial charge on any atom is 0.287 e. The molecule has 8 heteroatoms. The number of carbonyl (C=O) groups is 1. The highest BCUT2D eigenvalue weighted by Gasteiger charge is 2.24. The molecule has 1 fully saturated rings. The Kier molecular flexibility index (Phi) is 5.80. The third kappa shape index (κ3) is 4.55. The molecule has 0 atom stereocenters. The monoisotopic (exact) mass is 421 g/mol. The lowest BCUT2D eigenvalue weighted by Crippen LogP contribution is -2.40. The number of carbonyl (C=O) groups excluding carboxylic acids is 1. The van der Waals surface area contributed by atoms with Gasteiger partial charge in [-0.3, -0.25) is 4.79 Å². The SMILES string of the molecule is Cc1cnc(NC2CCC(NC(=O)c3ccc(Br)o3)CC2)nc1N(C)C. The molecule has 1 aliphatic rings. The number of anilines is 2. The molecule has 0 bridgehead atoms. The molecule has 0 radical (unpaired) electrons. The number of rotatable bonds is 5. The summed E-state index contributed by atoms with van der Waals surface area (Å²) in [6.45, 7) is 2.00. The second kappa shape index (κ2) is 8.07. The molecule has 0 saturated heterocycles. The number of amides is 1. The molecular formula is C18H24BrN5O2. The smallest absolute Gasteiger partial charge is 0.287 e. The van der Waals surface area contributed by atoms with E-state index >= 15 is 0 Å². The summed E-state index contributed by atoms with van der Waals surface area (Å²) in [4.78, 5) is 23.1. The number of aromatic nitrogens is 2. The van der Waals surface area contributed by atoms with Crippen molar-refractivity contribution in [2.24, 2.45) is 0 Å². The molecular weight excluding hydrogens is 398 g/mol. The minimum Gasteiger partial charge on any atom is -0.444 e. The molecule has 140 valence electrons. The zero-order valence-corrected chi connectivity index (χ0v) is 16.8. The first kappa shape index (κ1) is 18.7. The quantitative estimate of drug-likeness (QED) is 0.769. The third-order valence-electron chi connectivity index (χ3n) is 4.56. The first-order valence-electron chi connectivity index (χ1n) is 8.76. The molecule has 2 N–H and O–H groups in total. The summed E-state index contributed by atoms with van der Waals surface area (Å²) in [7, 11) is 3.95. The van der Waals surface area contributed by atoms with E-state index < -0.39 is 0 Å². The van der Waals surface area contributed by atoms with Gasteiger partial charge in [0.15, 0.2) is 10.4 Å². The molecule has 0 unspecified atom stereocenters. The highest BCUT2D eigenvalue weighted by Crippen LogP contribution is 2.23. The lowest BCUT2D eigenvalue weighted by Gasteiger charge is -2.29. The largest absolute Gasteiger partial charge is 0.444 e. The van der Waals surface area contributed by atoms with Crippen LogP contribution in [0.3, 0.4) is 0 Å². The van der Waals surface area contributed by atoms with Crippen LogP contribution in [0.25, 0.3) is 0 Å². The summed E-state index contributed by atoms with van der Waals surface area (Å²) in [5, 5.41) is 6.47. The highest BCUT2D eigenvalue weighted by molar-refractivity contribution is 9.10. The summed E-state index contributed by atoms with van der Waals surface area (Å²) >= 11 is 3.21. The molecule has 0 spiro atoms. The average Bonchev–Trinajstić information content (AvgIpc) is 3.05. The van der Waals surface area contributed by atoms with Gasteiger partial charge in [-0.2, -0.15) is 4.98 Å². The van der Waals surface area contributed by atoms with Gasteiger partial charge in [-0.25, -0.2) is 4.98 Å². The molecule has 2 aromatic rings. The number of aryl methyl sites for hydroxylation is 1. The molecule has 0 aromatic carbocycles. The maximum absolute atomic E-state index is 12.2. The predicted octanol–water partition coefficient (Wildman–Crippen LogP) is 3.36. The van der Waals surface area contributed by atoms with Gasteiger partial charge in [-0.05, 0) is 60.7 Å². The van der Waals surface area contributed by atoms with Gasteiger partial charge in [0, 0.05) is 37.9 Å². The van der Waals surface area contributed by atoms with Crippen molar-refractivity contribution in [2.75, 3.05) is 24.3 Å². The summed E-state index contributed by atoms with van der Waals surface area (Å²) in [6.07, 6.45) is 5.59. The molecule has 1 amide bonds. The fraction of sp³-hybridized carbons (Fsp3) is 0.500. The second-order valence-corrected chi connectivity index (χ2v) is 7.65. The predicted molar refractivity (Wildman–Crippen MR) is 105 cm³/mol. The van der Waals surface area contributed by atoms with Crippen molar-refractivity contribution in [1.29, 1.82) is 0 Å². The van der Waals surface area contributed by atoms with Crippen LogP contribution in [0.5, 0.6) is 0 Å². The maximum atomic E-state index is 12.2. The zero-order valence-electron chi connectivity index (χ0n) is 15.3. The van der Waals surface area contributed by atoms with Gasteiger partial charge in [0.1, 0.15) is 5.82 Å². The highest BCUT2D eigenvalue weighted by atomic mass is 79.9. The second-order valence-electron chi connectivity index (χ2n) is 6.86. The lowest BCUT2D eigenvalue weighted by molar-refractivity contribution is 0.0897. The van der Waals surface area contributed by atoms with Crippen molar-refractivity contribution >= 4 is 33.6 Å². The van der Waals surface area contributed by atoms with Crippen LogP contribution < -0.4 is 15.5 Å². The van der Waals surface area contributed by atoms with Crippen molar-refractivity contribution in [3.05, 3.63) is 34.3 Å². The molecule has 2 aromatic heterocycles. The van der Waals surface area contributed by atoms with Gasteiger partial charge < -0.3 is 20.0 Å². The standard InChI is InChI=1S/C18H24BrN5O2/c1-11-10-20-18(23-16(11)24(2)3)22-13-6-4-12(5-7-13)21-17(25)14-8-9-15(19)26-14/h8-10,12-13H,4-7H2,1-3H3,(H,21,25)(H,20,22,23). The Morgan fingerprint density at radius 1 is 1.23 bits per heavy atom. The van der Waals surface area contributed by atoms with Crippen LogP contribution in [0.1, 0.15) is 41.8 Å². The van der Waals surface area contributed by atoms with Gasteiger partial charge in [0.25, 0.3) is 5.91 Å². The van der Waals surface area contributed by atoms with E-state index in [-0.39, 0.29) is 11.9 Å². The van der Waals surface area contributed by atoms with Crippen LogP contribution in [0.4, 0.5) is 11.8 Å². The fourth-order valence-electron chi connectivity index (χ4n) is 3.21. The molecule has 2 heterocycles. The Morgan fingerprint density at radius 3 is 2.54 bits per heavy atom. The van der Waals surface area contributed by atoms with Gasteiger partial charge in [-0.1, -0.05) is 0 Å². The van der Waals surface area contributed by atoms with E-state index in [0.29, 0.717) is 22.4 Å². The molecule has 7 nitrogen and oxygen atoms in total. The van der Waals surface area contributed by atoms with E-state index in [1.807, 2.05) is 32.1 Å². The van der Waals surface area contributed by atoms with Crippen LogP contribution in [0.2, 0.25) is 0 Å². The van der Waals surface area contributed by atoms with Crippen molar-refractivity contribution < 1.29 is 9.21 Å². The normalized spacial score (nSPS) is 19.8. The molecule has 3 rings (SSSR count). The van der Waals surface area contributed by atoms with Gasteiger partial charge in [0.2, 0.25) is 5.95 Å². The van der Waals surface area contributed by atoms with Crippen molar-refractivity contribution in [2.45, 2.75) is 44.7 Å². The summed E-state index contributed by atoms with van der Waals surface area (Å²) in [6, 6.07) is 3.88. The molecule has 26 heavy (non-hydrogen) atoms. The van der Waals surface area contributed by atoms with Gasteiger partial charge >= 0.3 is 0 Å². The van der Waals surface area contributed by atoms with Gasteiger partial charge in [0.05, 0.1) is 0 Å². The molecule has 1 saturated carbocycles. The number of hydrogen-bond acceptors (Lipinski definition) is 6. The fourth-order valence-corrected chi connectivity index (χ4v) is 3.52. The number of furan rings is 1. The Morgan fingerprint density at radius 2 is 1.92 bits per heavy atom. The minimum atomic E-state index is -0.162. The summed E-state index contributed by atoms with van der Waals surface area (Å²) < 4.78 is 5.86. The van der Waals surface area contributed by atoms with Crippen LogP contribution in [-0.4, -0.2) is 42.1 Å².